The van der Waals surface area contributed by atoms with Crippen LogP contribution in [0.25, 0.3) is 16.8 Å². The summed E-state index contributed by atoms with van der Waals surface area (Å²) in [4.78, 5) is 79.4. The lowest BCUT2D eigenvalue weighted by Crippen LogP contribution is -2.54. The van der Waals surface area contributed by atoms with Crippen LogP contribution in [0.15, 0.2) is 84.9 Å². The molecule has 1 aliphatic heterocycles. The van der Waals surface area contributed by atoms with Gasteiger partial charge >= 0.3 is 12.1 Å². The number of ether oxygens (including phenoxy) is 3. The van der Waals surface area contributed by atoms with Crippen molar-refractivity contribution in [3.63, 3.8) is 0 Å². The van der Waals surface area contributed by atoms with Gasteiger partial charge in [-0.3, -0.25) is 24.5 Å². The fourth-order valence-corrected chi connectivity index (χ4v) is 7.50. The van der Waals surface area contributed by atoms with Gasteiger partial charge in [0.25, 0.3) is 5.91 Å². The highest BCUT2D eigenvalue weighted by Gasteiger charge is 2.34. The Hall–Kier alpha value is -6.69. The summed E-state index contributed by atoms with van der Waals surface area (Å²) in [6.45, 7) is 4.74. The third-order valence-electron chi connectivity index (χ3n) is 10.6. The van der Waals surface area contributed by atoms with Crippen LogP contribution < -0.4 is 47.7 Å². The van der Waals surface area contributed by atoms with Crippen LogP contribution in [0, 0.1) is 5.92 Å². The normalized spacial score (nSPS) is 14.1. The number of carbonyl (C=O) groups is 6. The van der Waals surface area contributed by atoms with Gasteiger partial charge in [0, 0.05) is 55.0 Å². The van der Waals surface area contributed by atoms with Gasteiger partial charge < -0.3 is 51.8 Å². The third kappa shape index (κ3) is 14.2. The summed E-state index contributed by atoms with van der Waals surface area (Å²) < 4.78 is 16.1. The zero-order valence-corrected chi connectivity index (χ0v) is 37.5. The van der Waals surface area contributed by atoms with Crippen LogP contribution in [-0.2, 0) is 35.3 Å². The second-order valence-electron chi connectivity index (χ2n) is 15.6. The van der Waals surface area contributed by atoms with Gasteiger partial charge in [0.1, 0.15) is 24.4 Å². The number of nitrogens with one attached hydrogen (secondary N) is 5. The summed E-state index contributed by atoms with van der Waals surface area (Å²) in [5, 5.41) is 15.2. The highest BCUT2D eigenvalue weighted by molar-refractivity contribution is 6.19. The average molecular weight is 913 g/mol. The molecular weight excluding hydrogens is 856 g/mol. The first-order chi connectivity index (χ1) is 31.3. The van der Waals surface area contributed by atoms with Crippen LogP contribution in [0.5, 0.6) is 5.75 Å². The highest BCUT2D eigenvalue weighted by atomic mass is 35.5. The van der Waals surface area contributed by atoms with Crippen molar-refractivity contribution < 1.29 is 43.0 Å². The number of hydrogen-bond donors (Lipinski definition) is 7. The molecule has 0 saturated heterocycles. The van der Waals surface area contributed by atoms with E-state index in [4.69, 9.17) is 37.3 Å². The number of alkyl halides is 1. The summed E-state index contributed by atoms with van der Waals surface area (Å²) in [6, 6.07) is 20.6. The Kier molecular flexibility index (Phi) is 18.5. The van der Waals surface area contributed by atoms with Crippen molar-refractivity contribution in [1.29, 1.82) is 0 Å². The van der Waals surface area contributed by atoms with Crippen LogP contribution in [0.4, 0.5) is 26.7 Å². The summed E-state index contributed by atoms with van der Waals surface area (Å²) in [7, 11) is 1.59. The first kappa shape index (κ1) is 49.3. The van der Waals surface area contributed by atoms with Gasteiger partial charge in [-0.2, -0.15) is 0 Å². The van der Waals surface area contributed by atoms with Crippen LogP contribution in [0.2, 0.25) is 0 Å². The summed E-state index contributed by atoms with van der Waals surface area (Å²) in [5.41, 5.74) is 14.5. The third-order valence-corrected chi connectivity index (χ3v) is 11.0. The molecule has 0 bridgehead atoms. The quantitative estimate of drug-likeness (QED) is 0.0302. The molecule has 0 fully saturated rings. The Morgan fingerprint density at radius 2 is 1.63 bits per heavy atom. The van der Waals surface area contributed by atoms with Gasteiger partial charge in [-0.15, -0.1) is 11.6 Å². The van der Waals surface area contributed by atoms with Gasteiger partial charge in [0.15, 0.2) is 0 Å². The van der Waals surface area contributed by atoms with Gasteiger partial charge in [-0.25, -0.2) is 9.59 Å². The van der Waals surface area contributed by atoms with E-state index < -0.39 is 41.9 Å². The molecular formula is C47H57ClN8O9. The van der Waals surface area contributed by atoms with Crippen molar-refractivity contribution >= 4 is 81.3 Å². The second-order valence-corrected chi connectivity index (χ2v) is 15.9. The van der Waals surface area contributed by atoms with Gasteiger partial charge in [-0.05, 0) is 77.2 Å². The predicted molar refractivity (Wildman–Crippen MR) is 251 cm³/mol. The maximum atomic E-state index is 13.6. The van der Waals surface area contributed by atoms with E-state index in [-0.39, 0.29) is 50.3 Å². The molecule has 5 rings (SSSR count). The Bertz CT molecular complexity index is 2330. The standard InChI is InChI=1S/C47H57ClN8O9/c1-29(2)43(55-40(57)20-23-64-24-21-49)45(60)53-37(9-6-22-51-46(50)61)44(59)52-33-15-10-31(11-16-33)28-65-47(62)54-38-25-39-42(36-8-5-4-7-35(36)38)32(26-48)27-56(39)41(58)19-14-30-12-17-34(63-3)18-13-30/h4-5,7-8,10-19,25,29,32,37,43H,6,9,20-24,26-28,49H2,1-3H3,(H,52,59)(H,53,60)(H,54,62)(H,55,57)(H3,50,51,61). The molecule has 9 N–H and O–H groups in total. The molecule has 0 radical (unpaired) electrons. The van der Waals surface area contributed by atoms with E-state index in [2.05, 4.69) is 26.6 Å². The van der Waals surface area contributed by atoms with E-state index in [1.165, 1.54) is 6.08 Å². The first-order valence-corrected chi connectivity index (χ1v) is 21.8. The number of carbonyl (C=O) groups excluding carboxylic acids is 6. The molecule has 65 heavy (non-hydrogen) atoms. The molecule has 346 valence electrons. The molecule has 3 atom stereocenters. The van der Waals surface area contributed by atoms with E-state index in [1.54, 1.807) is 62.3 Å². The monoisotopic (exact) mass is 912 g/mol. The van der Waals surface area contributed by atoms with Crippen molar-refractivity contribution in [2.75, 3.05) is 61.4 Å². The smallest absolute Gasteiger partial charge is 0.411 e. The summed E-state index contributed by atoms with van der Waals surface area (Å²) in [6.07, 6.45) is 3.00. The fourth-order valence-electron chi connectivity index (χ4n) is 7.24. The first-order valence-electron chi connectivity index (χ1n) is 21.3. The second kappa shape index (κ2) is 24.4. The maximum Gasteiger partial charge on any atom is 0.411 e. The molecule has 4 aromatic rings. The SMILES string of the molecule is COc1ccc(C=CC(=O)N2CC(CCl)c3c2cc(NC(=O)OCc2ccc(NC(=O)C(CCCNC(N)=O)NC(=O)C(NC(=O)CCOCCN)C(C)C)cc2)c2ccccc32)cc1. The number of benzene rings is 4. The van der Waals surface area contributed by atoms with E-state index in [9.17, 15) is 28.8 Å². The minimum atomic E-state index is -1.04. The van der Waals surface area contributed by atoms with Crippen molar-refractivity contribution in [2.24, 2.45) is 17.4 Å². The number of primary amides is 1. The van der Waals surface area contributed by atoms with Gasteiger partial charge in [-0.1, -0.05) is 62.4 Å². The molecule has 7 amide bonds. The van der Waals surface area contributed by atoms with Crippen LogP contribution in [-0.4, -0.2) is 93.7 Å². The average Bonchev–Trinajstić information content (AvgIpc) is 3.68. The zero-order chi connectivity index (χ0) is 46.9. The predicted octanol–water partition coefficient (Wildman–Crippen LogP) is 5.36. The topological polar surface area (TPSA) is 246 Å². The lowest BCUT2D eigenvalue weighted by Gasteiger charge is -2.25. The number of fused-ring (bicyclic) bond motifs is 3. The molecule has 1 aliphatic rings. The molecule has 1 heterocycles. The molecule has 0 saturated carbocycles. The van der Waals surface area contributed by atoms with E-state index >= 15 is 0 Å². The Morgan fingerprint density at radius 1 is 0.908 bits per heavy atom. The number of amides is 7. The Balaban J connectivity index is 1.22. The van der Waals surface area contributed by atoms with E-state index in [0.717, 1.165) is 21.9 Å². The lowest BCUT2D eigenvalue weighted by molar-refractivity contribution is -0.132. The number of nitrogens with zero attached hydrogens (tertiary/aromatic N) is 1. The van der Waals surface area contributed by atoms with E-state index in [1.807, 2.05) is 48.5 Å². The molecule has 18 heteroatoms. The van der Waals surface area contributed by atoms with Crippen LogP contribution >= 0.6 is 11.6 Å². The van der Waals surface area contributed by atoms with Crippen LogP contribution in [0.1, 0.15) is 55.7 Å². The Labute approximate surface area is 382 Å². The molecule has 0 aromatic heterocycles. The van der Waals surface area contributed by atoms with Crippen molar-refractivity contribution in [3.05, 3.63) is 102 Å². The molecule has 3 unspecified atom stereocenters. The zero-order valence-electron chi connectivity index (χ0n) is 36.7. The summed E-state index contributed by atoms with van der Waals surface area (Å²) >= 11 is 6.46. The number of urea groups is 1. The minimum absolute atomic E-state index is 0.0282. The molecule has 17 nitrogen and oxygen atoms in total. The number of nitrogens with two attached hydrogens (primary N) is 2. The molecule has 4 aromatic carbocycles. The molecule has 0 aliphatic carbocycles. The number of hydrogen-bond acceptors (Lipinski definition) is 10. The number of halogens is 1. The van der Waals surface area contributed by atoms with Gasteiger partial charge in [0.2, 0.25) is 17.7 Å². The minimum Gasteiger partial charge on any atom is -0.497 e. The molecule has 0 spiro atoms. The van der Waals surface area contributed by atoms with Crippen LogP contribution in [0.3, 0.4) is 0 Å². The Morgan fingerprint density at radius 3 is 2.29 bits per heavy atom. The number of anilines is 3. The van der Waals surface area contributed by atoms with Crippen molar-refractivity contribution in [3.8, 4) is 5.75 Å². The van der Waals surface area contributed by atoms with Crippen molar-refractivity contribution in [1.82, 2.24) is 16.0 Å². The fraction of sp³-hybridized carbons (Fsp3) is 0.362. The lowest BCUT2D eigenvalue weighted by atomic mass is 9.95. The van der Waals surface area contributed by atoms with Crippen molar-refractivity contribution in [2.45, 2.75) is 57.7 Å². The number of methoxy groups -OCH3 is 1. The highest BCUT2D eigenvalue weighted by Crippen LogP contribution is 2.45. The van der Waals surface area contributed by atoms with E-state index in [0.29, 0.717) is 60.4 Å². The summed E-state index contributed by atoms with van der Waals surface area (Å²) in [5.74, 6) is -1.15. The van der Waals surface area contributed by atoms with Gasteiger partial charge in [0.05, 0.1) is 31.7 Å². The number of rotatable bonds is 22. The largest absolute Gasteiger partial charge is 0.497 e. The maximum absolute atomic E-state index is 13.6.